The van der Waals surface area contributed by atoms with Crippen LogP contribution in [0, 0.1) is 0 Å². The van der Waals surface area contributed by atoms with Crippen LogP contribution in [0.1, 0.15) is 199 Å². The van der Waals surface area contributed by atoms with Gasteiger partial charge in [0.15, 0.2) is 0 Å². The number of hydrogen-bond acceptors (Lipinski definition) is 2. The lowest BCUT2D eigenvalue weighted by molar-refractivity contribution is 0.111. The van der Waals surface area contributed by atoms with Gasteiger partial charge in [-0.05, 0) is 106 Å². The molecule has 0 N–H and O–H groups in total. The van der Waals surface area contributed by atoms with Crippen LogP contribution in [0.3, 0.4) is 0 Å². The average molecular weight is 723 g/mol. The summed E-state index contributed by atoms with van der Waals surface area (Å²) in [7, 11) is 0. The Morgan fingerprint density at radius 2 is 0.667 bits per heavy atom. The summed E-state index contributed by atoms with van der Waals surface area (Å²) >= 11 is 0. The predicted molar refractivity (Wildman–Crippen MR) is 230 cm³/mol. The minimum absolute atomic E-state index is 0.0817. The quantitative estimate of drug-likeness (QED) is 0.0564. The second-order valence-electron chi connectivity index (χ2n) is 16.8. The standard InChI is InChI=1S/C52H66O2/c1-5-9-13-17-29-51(30-18-14-10-6-2)47-33-39(37-53)21-25-43(47)45-27-23-41(35-49(45)51)42-24-28-46-44-26-22-40(38-54)34-48(44)52(50(46)36-42,31-19-15-11-7-3)32-20-16-12-8-4/h21-28,33-38H,5-20,29-32H2,1-4H3. The van der Waals surface area contributed by atoms with Gasteiger partial charge < -0.3 is 0 Å². The van der Waals surface area contributed by atoms with E-state index in [4.69, 9.17) is 0 Å². The van der Waals surface area contributed by atoms with Crippen molar-refractivity contribution in [2.75, 3.05) is 0 Å². The van der Waals surface area contributed by atoms with Crippen LogP contribution in [0.15, 0.2) is 72.8 Å². The topological polar surface area (TPSA) is 34.1 Å². The summed E-state index contributed by atoms with van der Waals surface area (Å²) in [5.74, 6) is 0. The van der Waals surface area contributed by atoms with Gasteiger partial charge in [-0.3, -0.25) is 9.59 Å². The van der Waals surface area contributed by atoms with Crippen LogP contribution in [0.5, 0.6) is 0 Å². The highest BCUT2D eigenvalue weighted by Gasteiger charge is 2.44. The van der Waals surface area contributed by atoms with Crippen molar-refractivity contribution >= 4 is 12.6 Å². The van der Waals surface area contributed by atoms with E-state index in [1.165, 1.54) is 158 Å². The summed E-state index contributed by atoms with van der Waals surface area (Å²) in [5, 5.41) is 0. The number of carbonyl (C=O) groups is 2. The molecule has 0 spiro atoms. The fraction of sp³-hybridized carbons (Fsp3) is 0.500. The van der Waals surface area contributed by atoms with Crippen LogP contribution >= 0.6 is 0 Å². The van der Waals surface area contributed by atoms with Crippen molar-refractivity contribution in [1.29, 1.82) is 0 Å². The summed E-state index contributed by atoms with van der Waals surface area (Å²) < 4.78 is 0. The number of aldehydes is 2. The van der Waals surface area contributed by atoms with E-state index in [0.717, 1.165) is 49.4 Å². The maximum atomic E-state index is 12.2. The van der Waals surface area contributed by atoms with Gasteiger partial charge in [0.05, 0.1) is 0 Å². The smallest absolute Gasteiger partial charge is 0.150 e. The van der Waals surface area contributed by atoms with Crippen LogP contribution in [-0.2, 0) is 10.8 Å². The molecule has 6 rings (SSSR count). The molecule has 2 aliphatic carbocycles. The monoisotopic (exact) mass is 723 g/mol. The molecule has 4 aromatic rings. The fourth-order valence-corrected chi connectivity index (χ4v) is 10.3. The number of unbranched alkanes of at least 4 members (excludes halogenated alkanes) is 12. The molecule has 2 nitrogen and oxygen atoms in total. The summed E-state index contributed by atoms with van der Waals surface area (Å²) in [6.07, 6.45) is 26.4. The molecule has 0 bridgehead atoms. The van der Waals surface area contributed by atoms with Gasteiger partial charge in [-0.2, -0.15) is 0 Å². The molecule has 0 heterocycles. The molecule has 0 aromatic heterocycles. The molecule has 0 saturated carbocycles. The second kappa shape index (κ2) is 18.7. The number of hydrogen-bond donors (Lipinski definition) is 0. The zero-order valence-corrected chi connectivity index (χ0v) is 34.0. The number of fused-ring (bicyclic) bond motifs is 6. The predicted octanol–water partition coefficient (Wildman–Crippen LogP) is 15.4. The number of carbonyl (C=O) groups excluding carboxylic acids is 2. The molecule has 0 amide bonds. The highest BCUT2D eigenvalue weighted by atomic mass is 16.1. The Balaban J connectivity index is 1.48. The zero-order chi connectivity index (χ0) is 38.0. The van der Waals surface area contributed by atoms with Gasteiger partial charge in [-0.25, -0.2) is 0 Å². The lowest BCUT2D eigenvalue weighted by atomic mass is 9.69. The Morgan fingerprint density at radius 3 is 0.963 bits per heavy atom. The summed E-state index contributed by atoms with van der Waals surface area (Å²) in [6.45, 7) is 9.19. The Morgan fingerprint density at radius 1 is 0.370 bits per heavy atom. The van der Waals surface area contributed by atoms with Gasteiger partial charge in [-0.1, -0.05) is 179 Å². The van der Waals surface area contributed by atoms with Crippen molar-refractivity contribution in [3.8, 4) is 33.4 Å². The van der Waals surface area contributed by atoms with Crippen molar-refractivity contribution in [3.05, 3.63) is 106 Å². The van der Waals surface area contributed by atoms with Crippen molar-refractivity contribution in [3.63, 3.8) is 0 Å². The lowest BCUT2D eigenvalue weighted by Gasteiger charge is -2.34. The van der Waals surface area contributed by atoms with Crippen molar-refractivity contribution in [1.82, 2.24) is 0 Å². The first-order chi connectivity index (χ1) is 26.5. The molecule has 0 aliphatic heterocycles. The van der Waals surface area contributed by atoms with Gasteiger partial charge in [0.2, 0.25) is 0 Å². The third-order valence-electron chi connectivity index (χ3n) is 13.2. The fourth-order valence-electron chi connectivity index (χ4n) is 10.3. The van der Waals surface area contributed by atoms with Crippen molar-refractivity contribution in [2.24, 2.45) is 0 Å². The Kier molecular flexibility index (Phi) is 13.8. The van der Waals surface area contributed by atoms with Crippen LogP contribution in [0.4, 0.5) is 0 Å². The third kappa shape index (κ3) is 7.96. The SMILES string of the molecule is CCCCCCC1(CCCCCC)c2cc(C=O)ccc2-c2ccc(-c3ccc4c(c3)C(CCCCCC)(CCCCCC)c3cc(C=O)ccc3-4)cc21. The summed E-state index contributed by atoms with van der Waals surface area (Å²) in [5.41, 5.74) is 15.0. The van der Waals surface area contributed by atoms with Gasteiger partial charge in [0.25, 0.3) is 0 Å². The molecule has 0 saturated heterocycles. The van der Waals surface area contributed by atoms with Gasteiger partial charge >= 0.3 is 0 Å². The number of rotatable bonds is 23. The average Bonchev–Trinajstić information content (AvgIpc) is 3.63. The van der Waals surface area contributed by atoms with E-state index in [9.17, 15) is 9.59 Å². The second-order valence-corrected chi connectivity index (χ2v) is 16.8. The Labute approximate surface area is 327 Å². The summed E-state index contributed by atoms with van der Waals surface area (Å²) in [6, 6.07) is 27.5. The Bertz CT molecular complexity index is 1720. The highest BCUT2D eigenvalue weighted by Crippen LogP contribution is 2.57. The minimum atomic E-state index is -0.0817. The van der Waals surface area contributed by atoms with E-state index < -0.39 is 0 Å². The molecule has 0 atom stereocenters. The molecule has 4 aromatic carbocycles. The zero-order valence-electron chi connectivity index (χ0n) is 34.0. The molecule has 2 aliphatic rings. The molecule has 286 valence electrons. The maximum Gasteiger partial charge on any atom is 0.150 e. The first kappa shape index (κ1) is 39.9. The third-order valence-corrected chi connectivity index (χ3v) is 13.2. The van der Waals surface area contributed by atoms with E-state index in [1.54, 1.807) is 0 Å². The largest absolute Gasteiger partial charge is 0.298 e. The first-order valence-electron chi connectivity index (χ1n) is 22.0. The first-order valence-corrected chi connectivity index (χ1v) is 22.0. The Hall–Kier alpha value is -3.78. The summed E-state index contributed by atoms with van der Waals surface area (Å²) in [4.78, 5) is 24.3. The van der Waals surface area contributed by atoms with Gasteiger partial charge in [0, 0.05) is 22.0 Å². The molecule has 0 unspecified atom stereocenters. The minimum Gasteiger partial charge on any atom is -0.298 e. The van der Waals surface area contributed by atoms with Crippen molar-refractivity contribution in [2.45, 2.75) is 167 Å². The van der Waals surface area contributed by atoms with Crippen LogP contribution in [-0.4, -0.2) is 12.6 Å². The van der Waals surface area contributed by atoms with Crippen molar-refractivity contribution < 1.29 is 9.59 Å². The van der Waals surface area contributed by atoms with E-state index in [0.29, 0.717) is 0 Å². The van der Waals surface area contributed by atoms with Crippen LogP contribution in [0.25, 0.3) is 33.4 Å². The highest BCUT2D eigenvalue weighted by molar-refractivity contribution is 5.89. The van der Waals surface area contributed by atoms with Crippen LogP contribution in [0.2, 0.25) is 0 Å². The molecular weight excluding hydrogens is 657 g/mol. The normalized spacial score (nSPS) is 14.4. The van der Waals surface area contributed by atoms with E-state index in [2.05, 4.69) is 88.4 Å². The van der Waals surface area contributed by atoms with Gasteiger partial charge in [0.1, 0.15) is 12.6 Å². The van der Waals surface area contributed by atoms with Gasteiger partial charge in [-0.15, -0.1) is 0 Å². The lowest BCUT2D eigenvalue weighted by Crippen LogP contribution is -2.26. The molecule has 2 heteroatoms. The number of benzene rings is 4. The maximum absolute atomic E-state index is 12.2. The van der Waals surface area contributed by atoms with E-state index in [1.807, 2.05) is 12.1 Å². The van der Waals surface area contributed by atoms with E-state index >= 15 is 0 Å². The molecule has 0 radical (unpaired) electrons. The van der Waals surface area contributed by atoms with Crippen LogP contribution < -0.4 is 0 Å². The molecular formula is C52H66O2. The molecule has 0 fully saturated rings. The van der Waals surface area contributed by atoms with E-state index in [-0.39, 0.29) is 10.8 Å². The molecule has 54 heavy (non-hydrogen) atoms.